The zero-order chi connectivity index (χ0) is 11.8. The van der Waals surface area contributed by atoms with Crippen LogP contribution < -0.4 is 10.6 Å². The normalized spacial score (nSPS) is 13.3. The molecule has 0 aromatic rings. The van der Waals surface area contributed by atoms with E-state index in [1.54, 1.807) is 6.92 Å². The highest BCUT2D eigenvalue weighted by Crippen LogP contribution is 1.91. The van der Waals surface area contributed by atoms with Crippen molar-refractivity contribution in [3.8, 4) is 0 Å². The van der Waals surface area contributed by atoms with Gasteiger partial charge in [-0.05, 0) is 20.8 Å². The van der Waals surface area contributed by atoms with Crippen molar-refractivity contribution >= 4 is 5.91 Å². The van der Waals surface area contributed by atoms with Gasteiger partial charge in [0.05, 0.1) is 6.61 Å². The zero-order valence-electron chi connectivity index (χ0n) is 10.5. The largest absolute Gasteiger partial charge is 0.367 e. The highest BCUT2D eigenvalue weighted by atomic mass is 16.5. The monoisotopic (exact) mass is 216 g/mol. The molecule has 0 saturated heterocycles. The van der Waals surface area contributed by atoms with E-state index < -0.39 is 0 Å². The first-order valence-corrected chi connectivity index (χ1v) is 5.58. The Morgan fingerprint density at radius 2 is 1.73 bits per heavy atom. The summed E-state index contributed by atoms with van der Waals surface area (Å²) in [6.45, 7) is 11.1. The van der Waals surface area contributed by atoms with Gasteiger partial charge in [0, 0.05) is 18.6 Å². The molecule has 2 N–H and O–H groups in total. The van der Waals surface area contributed by atoms with Crippen LogP contribution >= 0.6 is 0 Å². The van der Waals surface area contributed by atoms with Crippen LogP contribution in [0.25, 0.3) is 0 Å². The molecule has 1 amide bonds. The van der Waals surface area contributed by atoms with Crippen molar-refractivity contribution in [2.75, 3.05) is 13.2 Å². The Morgan fingerprint density at radius 3 is 2.20 bits per heavy atom. The lowest BCUT2D eigenvalue weighted by Gasteiger charge is -2.16. The maximum atomic E-state index is 11.4. The number of carbonyl (C=O) groups is 1. The van der Waals surface area contributed by atoms with Crippen LogP contribution in [0.1, 0.15) is 34.6 Å². The molecule has 0 bridgehead atoms. The summed E-state index contributed by atoms with van der Waals surface area (Å²) in [6, 6.07) is 0.616. The van der Waals surface area contributed by atoms with Crippen molar-refractivity contribution in [3.63, 3.8) is 0 Å². The Balaban J connectivity index is 3.55. The molecule has 1 atom stereocenters. The summed E-state index contributed by atoms with van der Waals surface area (Å²) >= 11 is 0. The van der Waals surface area contributed by atoms with Crippen LogP contribution in [0.5, 0.6) is 0 Å². The molecule has 0 aliphatic carbocycles. The average molecular weight is 216 g/mol. The van der Waals surface area contributed by atoms with Crippen molar-refractivity contribution < 1.29 is 9.53 Å². The molecule has 0 aliphatic heterocycles. The minimum Gasteiger partial charge on any atom is -0.367 e. The van der Waals surface area contributed by atoms with E-state index in [0.29, 0.717) is 12.6 Å². The fraction of sp³-hybridized carbons (Fsp3) is 0.909. The SMILES string of the molecule is CC(C)NCCOC(C)C(=O)NC(C)C. The number of nitrogens with one attached hydrogen (secondary N) is 2. The van der Waals surface area contributed by atoms with Crippen LogP contribution in [0.3, 0.4) is 0 Å². The van der Waals surface area contributed by atoms with E-state index in [2.05, 4.69) is 24.5 Å². The lowest BCUT2D eigenvalue weighted by atomic mass is 10.3. The third-order valence-corrected chi connectivity index (χ3v) is 1.82. The van der Waals surface area contributed by atoms with Crippen molar-refractivity contribution in [1.82, 2.24) is 10.6 Å². The molecule has 0 aromatic heterocycles. The van der Waals surface area contributed by atoms with Gasteiger partial charge in [-0.1, -0.05) is 13.8 Å². The van der Waals surface area contributed by atoms with Gasteiger partial charge in [-0.15, -0.1) is 0 Å². The molecular weight excluding hydrogens is 192 g/mol. The van der Waals surface area contributed by atoms with E-state index in [0.717, 1.165) is 6.54 Å². The summed E-state index contributed by atoms with van der Waals surface area (Å²) in [6.07, 6.45) is -0.374. The summed E-state index contributed by atoms with van der Waals surface area (Å²) in [4.78, 5) is 11.4. The third-order valence-electron chi connectivity index (χ3n) is 1.82. The van der Waals surface area contributed by atoms with E-state index >= 15 is 0 Å². The molecule has 0 heterocycles. The molecule has 0 aromatic carbocycles. The molecule has 0 rings (SSSR count). The highest BCUT2D eigenvalue weighted by Gasteiger charge is 2.13. The number of carbonyl (C=O) groups excluding carboxylic acids is 1. The molecule has 15 heavy (non-hydrogen) atoms. The number of amides is 1. The molecule has 4 nitrogen and oxygen atoms in total. The highest BCUT2D eigenvalue weighted by molar-refractivity contribution is 5.80. The number of rotatable bonds is 7. The Kier molecular flexibility index (Phi) is 7.34. The van der Waals surface area contributed by atoms with Gasteiger partial charge < -0.3 is 15.4 Å². The smallest absolute Gasteiger partial charge is 0.249 e. The average Bonchev–Trinajstić information content (AvgIpc) is 2.10. The summed E-state index contributed by atoms with van der Waals surface area (Å²) < 4.78 is 5.38. The quantitative estimate of drug-likeness (QED) is 0.622. The Bertz CT molecular complexity index is 181. The molecule has 0 radical (unpaired) electrons. The van der Waals surface area contributed by atoms with Crippen molar-refractivity contribution in [3.05, 3.63) is 0 Å². The first-order valence-electron chi connectivity index (χ1n) is 5.58. The predicted octanol–water partition coefficient (Wildman–Crippen LogP) is 0.914. The van der Waals surface area contributed by atoms with Gasteiger partial charge in [-0.25, -0.2) is 0 Å². The van der Waals surface area contributed by atoms with Crippen LogP contribution in [0, 0.1) is 0 Å². The van der Waals surface area contributed by atoms with Gasteiger partial charge in [-0.3, -0.25) is 4.79 Å². The van der Waals surface area contributed by atoms with Gasteiger partial charge >= 0.3 is 0 Å². The van der Waals surface area contributed by atoms with Crippen LogP contribution in [-0.4, -0.2) is 37.2 Å². The topological polar surface area (TPSA) is 50.4 Å². The first-order chi connectivity index (χ1) is 6.93. The van der Waals surface area contributed by atoms with Crippen molar-refractivity contribution in [1.29, 1.82) is 0 Å². The van der Waals surface area contributed by atoms with E-state index in [-0.39, 0.29) is 18.1 Å². The maximum absolute atomic E-state index is 11.4. The van der Waals surface area contributed by atoms with Gasteiger partial charge in [0.2, 0.25) is 5.91 Å². The minimum atomic E-state index is -0.374. The zero-order valence-corrected chi connectivity index (χ0v) is 10.5. The van der Waals surface area contributed by atoms with Crippen molar-refractivity contribution in [2.45, 2.75) is 52.8 Å². The Labute approximate surface area is 92.8 Å². The standard InChI is InChI=1S/C11H24N2O2/c1-8(2)12-6-7-15-10(5)11(14)13-9(3)4/h8-10,12H,6-7H2,1-5H3,(H,13,14). The summed E-state index contributed by atoms with van der Waals surface area (Å²) in [7, 11) is 0. The van der Waals surface area contributed by atoms with Crippen LogP contribution in [0.2, 0.25) is 0 Å². The molecule has 0 spiro atoms. The summed E-state index contributed by atoms with van der Waals surface area (Å²) in [5.74, 6) is -0.0467. The second-order valence-electron chi connectivity index (χ2n) is 4.29. The van der Waals surface area contributed by atoms with E-state index in [4.69, 9.17) is 4.74 Å². The number of ether oxygens (including phenoxy) is 1. The second-order valence-corrected chi connectivity index (χ2v) is 4.29. The molecule has 0 saturated carbocycles. The fourth-order valence-corrected chi connectivity index (χ4v) is 1.06. The molecular formula is C11H24N2O2. The van der Waals surface area contributed by atoms with Gasteiger partial charge in [0.25, 0.3) is 0 Å². The van der Waals surface area contributed by atoms with Crippen molar-refractivity contribution in [2.24, 2.45) is 0 Å². The Morgan fingerprint density at radius 1 is 1.13 bits per heavy atom. The summed E-state index contributed by atoms with van der Waals surface area (Å²) in [5.41, 5.74) is 0. The van der Waals surface area contributed by atoms with Crippen LogP contribution in [0.4, 0.5) is 0 Å². The minimum absolute atomic E-state index is 0.0467. The van der Waals surface area contributed by atoms with Crippen LogP contribution in [-0.2, 0) is 9.53 Å². The fourth-order valence-electron chi connectivity index (χ4n) is 1.06. The predicted molar refractivity (Wildman–Crippen MR) is 61.8 cm³/mol. The van der Waals surface area contributed by atoms with Crippen LogP contribution in [0.15, 0.2) is 0 Å². The lowest BCUT2D eigenvalue weighted by Crippen LogP contribution is -2.39. The van der Waals surface area contributed by atoms with Gasteiger partial charge in [-0.2, -0.15) is 0 Å². The molecule has 0 fully saturated rings. The lowest BCUT2D eigenvalue weighted by molar-refractivity contribution is -0.132. The van der Waals surface area contributed by atoms with Gasteiger partial charge in [0.15, 0.2) is 0 Å². The number of hydrogen-bond donors (Lipinski definition) is 2. The first kappa shape index (κ1) is 14.4. The second kappa shape index (κ2) is 7.65. The van der Waals surface area contributed by atoms with E-state index in [9.17, 15) is 4.79 Å². The van der Waals surface area contributed by atoms with Gasteiger partial charge in [0.1, 0.15) is 6.10 Å². The molecule has 0 aliphatic rings. The number of hydrogen-bond acceptors (Lipinski definition) is 3. The third kappa shape index (κ3) is 8.39. The molecule has 4 heteroatoms. The van der Waals surface area contributed by atoms with E-state index in [1.807, 2.05) is 13.8 Å². The summed E-state index contributed by atoms with van der Waals surface area (Å²) in [5, 5.41) is 6.03. The maximum Gasteiger partial charge on any atom is 0.249 e. The Hall–Kier alpha value is -0.610. The molecule has 1 unspecified atom stereocenters. The van der Waals surface area contributed by atoms with E-state index in [1.165, 1.54) is 0 Å². The molecule has 90 valence electrons.